The fraction of sp³-hybridized carbons (Fsp3) is 0.750. The predicted molar refractivity (Wildman–Crippen MR) is 51.3 cm³/mol. The molecule has 2 rings (SSSR count). The Morgan fingerprint density at radius 2 is 2.31 bits per heavy atom. The Labute approximate surface area is 85.1 Å². The Hall–Kier alpha value is -0.420. The molecule has 2 atom stereocenters. The van der Waals surface area contributed by atoms with Gasteiger partial charge in [-0.2, -0.15) is 0 Å². The van der Waals surface area contributed by atoms with Gasteiger partial charge in [0.1, 0.15) is 0 Å². The number of halogens is 1. The van der Waals surface area contributed by atoms with Gasteiger partial charge < -0.3 is 5.11 Å². The number of hydrogen-bond acceptors (Lipinski definition) is 3. The average Bonchev–Trinajstić information content (AvgIpc) is 2.60. The first-order chi connectivity index (χ1) is 6.18. The van der Waals surface area contributed by atoms with Crippen molar-refractivity contribution < 1.29 is 5.11 Å². The molecule has 0 amide bonds. The molecule has 1 saturated carbocycles. The van der Waals surface area contributed by atoms with Gasteiger partial charge >= 0.3 is 0 Å². The number of hydrogen-bond donors (Lipinski definition) is 1. The Balaban J connectivity index is 2.25. The van der Waals surface area contributed by atoms with Crippen molar-refractivity contribution in [2.45, 2.75) is 31.3 Å². The lowest BCUT2D eigenvalue weighted by atomic mass is 10.1. The van der Waals surface area contributed by atoms with Gasteiger partial charge in [-0.25, -0.2) is 0 Å². The summed E-state index contributed by atoms with van der Waals surface area (Å²) in [5, 5.41) is 17.3. The summed E-state index contributed by atoms with van der Waals surface area (Å²) >= 11 is 3.37. The van der Waals surface area contributed by atoms with Crippen molar-refractivity contribution in [1.29, 1.82) is 0 Å². The van der Waals surface area contributed by atoms with Crippen LogP contribution in [0.5, 0.6) is 0 Å². The normalized spacial score (nSPS) is 28.2. The summed E-state index contributed by atoms with van der Waals surface area (Å²) in [6, 6.07) is 0. The first kappa shape index (κ1) is 9.15. The van der Waals surface area contributed by atoms with Crippen molar-refractivity contribution in [2.75, 3.05) is 0 Å². The smallest absolute Gasteiger partial charge is 0.151 e. The van der Waals surface area contributed by atoms with Crippen LogP contribution in [-0.2, 0) is 7.05 Å². The molecule has 1 fully saturated rings. The van der Waals surface area contributed by atoms with E-state index >= 15 is 0 Å². The van der Waals surface area contributed by atoms with E-state index in [0.717, 1.165) is 29.6 Å². The molecule has 0 aliphatic heterocycles. The summed E-state index contributed by atoms with van der Waals surface area (Å²) in [5.41, 5.74) is 1.11. The van der Waals surface area contributed by atoms with E-state index in [9.17, 15) is 5.11 Å². The van der Waals surface area contributed by atoms with Crippen molar-refractivity contribution in [2.24, 2.45) is 7.05 Å². The number of aliphatic hydroxyl groups excluding tert-OH is 1. The maximum absolute atomic E-state index is 9.41. The van der Waals surface area contributed by atoms with Gasteiger partial charge in [0.2, 0.25) is 0 Å². The van der Waals surface area contributed by atoms with Crippen LogP contribution in [0.1, 0.15) is 30.9 Å². The summed E-state index contributed by atoms with van der Waals surface area (Å²) in [6.07, 6.45) is 2.61. The molecule has 1 N–H and O–H groups in total. The molecule has 1 aliphatic rings. The highest BCUT2D eigenvalue weighted by atomic mass is 79.9. The van der Waals surface area contributed by atoms with Crippen LogP contribution in [0.15, 0.2) is 4.60 Å². The lowest BCUT2D eigenvalue weighted by molar-refractivity contribution is 0.181. The lowest BCUT2D eigenvalue weighted by Gasteiger charge is -2.08. The largest absolute Gasteiger partial charge is 0.393 e. The van der Waals surface area contributed by atoms with Gasteiger partial charge in [0.15, 0.2) is 4.60 Å². The zero-order chi connectivity index (χ0) is 9.42. The summed E-state index contributed by atoms with van der Waals surface area (Å²) in [6.45, 7) is 0. The second-order valence-electron chi connectivity index (χ2n) is 3.55. The third kappa shape index (κ3) is 1.62. The molecular weight excluding hydrogens is 234 g/mol. The molecule has 0 aromatic carbocycles. The van der Waals surface area contributed by atoms with E-state index in [0.29, 0.717) is 5.92 Å². The summed E-state index contributed by atoms with van der Waals surface area (Å²) < 4.78 is 2.60. The van der Waals surface area contributed by atoms with E-state index in [4.69, 9.17) is 0 Å². The molecule has 1 aromatic heterocycles. The van der Waals surface area contributed by atoms with E-state index in [2.05, 4.69) is 26.2 Å². The molecule has 0 radical (unpaired) electrons. The second kappa shape index (κ2) is 3.38. The fourth-order valence-electron chi connectivity index (χ4n) is 1.98. The lowest BCUT2D eigenvalue weighted by Crippen LogP contribution is -2.05. The van der Waals surface area contributed by atoms with E-state index in [1.54, 1.807) is 4.68 Å². The Bertz CT molecular complexity index is 293. The molecule has 0 bridgehead atoms. The Morgan fingerprint density at radius 3 is 2.77 bits per heavy atom. The standard InChI is InChI=1S/C8H12BrN3O/c1-12-7(8(9)10-11-12)5-2-3-6(13)4-5/h5-6,13H,2-4H2,1H3. The maximum Gasteiger partial charge on any atom is 0.151 e. The van der Waals surface area contributed by atoms with Gasteiger partial charge in [-0.05, 0) is 35.2 Å². The van der Waals surface area contributed by atoms with Gasteiger partial charge in [0.05, 0.1) is 11.8 Å². The molecule has 1 aromatic rings. The molecule has 2 unspecified atom stereocenters. The van der Waals surface area contributed by atoms with Crippen LogP contribution in [0.2, 0.25) is 0 Å². The quantitative estimate of drug-likeness (QED) is 0.810. The molecule has 0 spiro atoms. The number of aryl methyl sites for hydroxylation is 1. The van der Waals surface area contributed by atoms with E-state index in [1.807, 2.05) is 7.05 Å². The van der Waals surface area contributed by atoms with Crippen LogP contribution >= 0.6 is 15.9 Å². The molecule has 72 valence electrons. The third-order valence-corrected chi connectivity index (χ3v) is 3.18. The molecular formula is C8H12BrN3O. The third-order valence-electron chi connectivity index (χ3n) is 2.62. The van der Waals surface area contributed by atoms with Crippen LogP contribution < -0.4 is 0 Å². The van der Waals surface area contributed by atoms with Gasteiger partial charge in [0, 0.05) is 13.0 Å². The number of rotatable bonds is 1. The van der Waals surface area contributed by atoms with Crippen molar-refractivity contribution in [1.82, 2.24) is 15.0 Å². The van der Waals surface area contributed by atoms with Crippen molar-refractivity contribution in [3.8, 4) is 0 Å². The highest BCUT2D eigenvalue weighted by Crippen LogP contribution is 2.36. The molecule has 1 heterocycles. The fourth-order valence-corrected chi connectivity index (χ4v) is 2.63. The Morgan fingerprint density at radius 1 is 1.54 bits per heavy atom. The van der Waals surface area contributed by atoms with E-state index in [-0.39, 0.29) is 6.10 Å². The first-order valence-electron chi connectivity index (χ1n) is 4.41. The Kier molecular flexibility index (Phi) is 2.38. The summed E-state index contributed by atoms with van der Waals surface area (Å²) in [7, 11) is 1.89. The van der Waals surface area contributed by atoms with Crippen LogP contribution in [0.25, 0.3) is 0 Å². The minimum absolute atomic E-state index is 0.146. The summed E-state index contributed by atoms with van der Waals surface area (Å²) in [4.78, 5) is 0. The van der Waals surface area contributed by atoms with Crippen LogP contribution in [0.4, 0.5) is 0 Å². The van der Waals surface area contributed by atoms with Crippen molar-refractivity contribution in [3.05, 3.63) is 10.3 Å². The second-order valence-corrected chi connectivity index (χ2v) is 4.30. The topological polar surface area (TPSA) is 50.9 Å². The van der Waals surface area contributed by atoms with Gasteiger partial charge in [-0.3, -0.25) is 4.68 Å². The number of nitrogens with zero attached hydrogens (tertiary/aromatic N) is 3. The molecule has 0 saturated heterocycles. The first-order valence-corrected chi connectivity index (χ1v) is 5.21. The van der Waals surface area contributed by atoms with Gasteiger partial charge in [-0.1, -0.05) is 5.21 Å². The monoisotopic (exact) mass is 245 g/mol. The SMILES string of the molecule is Cn1nnc(Br)c1C1CCC(O)C1. The van der Waals surface area contributed by atoms with Crippen LogP contribution in [-0.4, -0.2) is 26.2 Å². The minimum atomic E-state index is -0.146. The average molecular weight is 246 g/mol. The van der Waals surface area contributed by atoms with E-state index < -0.39 is 0 Å². The highest BCUT2D eigenvalue weighted by molar-refractivity contribution is 9.10. The zero-order valence-corrected chi connectivity index (χ0v) is 9.03. The molecule has 13 heavy (non-hydrogen) atoms. The number of aliphatic hydroxyl groups is 1. The van der Waals surface area contributed by atoms with Gasteiger partial charge in [-0.15, -0.1) is 5.10 Å². The molecule has 4 nitrogen and oxygen atoms in total. The number of aromatic nitrogens is 3. The van der Waals surface area contributed by atoms with Crippen molar-refractivity contribution >= 4 is 15.9 Å². The van der Waals surface area contributed by atoms with Crippen LogP contribution in [0, 0.1) is 0 Å². The molecule has 5 heteroatoms. The van der Waals surface area contributed by atoms with Gasteiger partial charge in [0.25, 0.3) is 0 Å². The van der Waals surface area contributed by atoms with Crippen molar-refractivity contribution in [3.63, 3.8) is 0 Å². The maximum atomic E-state index is 9.41. The minimum Gasteiger partial charge on any atom is -0.393 e. The zero-order valence-electron chi connectivity index (χ0n) is 7.44. The molecule has 1 aliphatic carbocycles. The van der Waals surface area contributed by atoms with Crippen LogP contribution in [0.3, 0.4) is 0 Å². The summed E-state index contributed by atoms with van der Waals surface area (Å²) in [5.74, 6) is 0.407. The van der Waals surface area contributed by atoms with E-state index in [1.165, 1.54) is 0 Å². The highest BCUT2D eigenvalue weighted by Gasteiger charge is 2.28. The predicted octanol–water partition coefficient (Wildman–Crippen LogP) is 1.21.